The van der Waals surface area contributed by atoms with Gasteiger partial charge in [0.15, 0.2) is 0 Å². The Labute approximate surface area is 130 Å². The molecule has 0 aliphatic carbocycles. The molecule has 1 N–H and O–H groups in total. The minimum absolute atomic E-state index is 0.749. The van der Waals surface area contributed by atoms with Gasteiger partial charge in [-0.25, -0.2) is 0 Å². The molecule has 1 heterocycles. The molecule has 1 aromatic heterocycles. The third kappa shape index (κ3) is 4.32. The predicted molar refractivity (Wildman–Crippen MR) is 89.8 cm³/mol. The summed E-state index contributed by atoms with van der Waals surface area (Å²) in [5.74, 6) is 0. The van der Waals surface area contributed by atoms with Crippen molar-refractivity contribution in [2.75, 3.05) is 25.0 Å². The van der Waals surface area contributed by atoms with Crippen molar-refractivity contribution in [3.8, 4) is 6.07 Å². The fourth-order valence-electron chi connectivity index (χ4n) is 2.24. The Kier molecular flexibility index (Phi) is 5.79. The molecule has 0 atom stereocenters. The van der Waals surface area contributed by atoms with Crippen molar-refractivity contribution in [1.29, 1.82) is 5.26 Å². The largest absolute Gasteiger partial charge is 0.373 e. The normalized spacial score (nSPS) is 10.3. The standard InChI is InChI=1S/C17H21N3S/c1-3-19-13-14-6-7-17(15(11-14)12-18)20(2)9-8-16-5-4-10-21-16/h4-7,10-11,19H,3,8-9,13H2,1-2H3. The summed E-state index contributed by atoms with van der Waals surface area (Å²) in [7, 11) is 2.05. The third-order valence-corrected chi connectivity index (χ3v) is 4.38. The van der Waals surface area contributed by atoms with E-state index in [0.717, 1.165) is 42.9 Å². The lowest BCUT2D eigenvalue weighted by atomic mass is 10.1. The second-order valence-corrected chi connectivity index (χ2v) is 6.03. The number of anilines is 1. The number of nitrogens with one attached hydrogen (secondary N) is 1. The van der Waals surface area contributed by atoms with E-state index in [1.165, 1.54) is 4.88 Å². The Morgan fingerprint density at radius 1 is 1.33 bits per heavy atom. The molecule has 3 nitrogen and oxygen atoms in total. The average molecular weight is 299 g/mol. The molecule has 1 aromatic carbocycles. The van der Waals surface area contributed by atoms with Gasteiger partial charge in [0, 0.05) is 25.0 Å². The molecule has 0 bridgehead atoms. The molecule has 0 unspecified atom stereocenters. The third-order valence-electron chi connectivity index (χ3n) is 3.45. The van der Waals surface area contributed by atoms with E-state index in [9.17, 15) is 5.26 Å². The molecule has 21 heavy (non-hydrogen) atoms. The second kappa shape index (κ2) is 7.82. The Bertz CT molecular complexity index is 599. The molecule has 2 aromatic rings. The number of thiophene rings is 1. The number of benzene rings is 1. The molecular weight excluding hydrogens is 278 g/mol. The van der Waals surface area contributed by atoms with E-state index in [0.29, 0.717) is 0 Å². The van der Waals surface area contributed by atoms with E-state index in [4.69, 9.17) is 0 Å². The van der Waals surface area contributed by atoms with E-state index in [2.05, 4.69) is 52.9 Å². The number of likely N-dealkylation sites (N-methyl/N-ethyl adjacent to an activating group) is 1. The number of nitrogens with zero attached hydrogens (tertiary/aromatic N) is 2. The van der Waals surface area contributed by atoms with Crippen molar-refractivity contribution in [2.45, 2.75) is 19.9 Å². The van der Waals surface area contributed by atoms with Crippen molar-refractivity contribution in [1.82, 2.24) is 5.32 Å². The van der Waals surface area contributed by atoms with Gasteiger partial charge in [0.05, 0.1) is 11.3 Å². The summed E-state index contributed by atoms with van der Waals surface area (Å²) >= 11 is 1.78. The average Bonchev–Trinajstić information content (AvgIpc) is 3.03. The van der Waals surface area contributed by atoms with Crippen LogP contribution in [0, 0.1) is 11.3 Å². The van der Waals surface area contributed by atoms with Crippen LogP contribution in [0.5, 0.6) is 0 Å². The Morgan fingerprint density at radius 3 is 2.86 bits per heavy atom. The van der Waals surface area contributed by atoms with Gasteiger partial charge in [0.1, 0.15) is 6.07 Å². The Hall–Kier alpha value is -1.83. The highest BCUT2D eigenvalue weighted by Crippen LogP contribution is 2.21. The van der Waals surface area contributed by atoms with E-state index < -0.39 is 0 Å². The number of rotatable bonds is 7. The molecule has 0 aliphatic heterocycles. The van der Waals surface area contributed by atoms with Crippen molar-refractivity contribution in [2.24, 2.45) is 0 Å². The molecule has 2 rings (SSSR count). The van der Waals surface area contributed by atoms with Gasteiger partial charge in [-0.05, 0) is 42.1 Å². The van der Waals surface area contributed by atoms with E-state index in [1.54, 1.807) is 11.3 Å². The molecule has 0 saturated carbocycles. The molecule has 0 aliphatic rings. The first kappa shape index (κ1) is 15.6. The van der Waals surface area contributed by atoms with E-state index in [1.807, 2.05) is 13.1 Å². The molecular formula is C17H21N3S. The predicted octanol–water partition coefficient (Wildman–Crippen LogP) is 3.41. The van der Waals surface area contributed by atoms with E-state index in [-0.39, 0.29) is 0 Å². The first-order valence-corrected chi connectivity index (χ1v) is 8.09. The maximum absolute atomic E-state index is 9.37. The monoisotopic (exact) mass is 299 g/mol. The molecule has 4 heteroatoms. The zero-order valence-electron chi connectivity index (χ0n) is 12.6. The Morgan fingerprint density at radius 2 is 2.19 bits per heavy atom. The summed E-state index contributed by atoms with van der Waals surface area (Å²) in [6.07, 6.45) is 1.01. The summed E-state index contributed by atoms with van der Waals surface area (Å²) < 4.78 is 0. The Balaban J connectivity index is 2.05. The highest BCUT2D eigenvalue weighted by Gasteiger charge is 2.08. The summed E-state index contributed by atoms with van der Waals surface area (Å²) in [5.41, 5.74) is 2.91. The van der Waals surface area contributed by atoms with Crippen LogP contribution >= 0.6 is 11.3 Å². The zero-order valence-corrected chi connectivity index (χ0v) is 13.4. The molecule has 0 spiro atoms. The minimum Gasteiger partial charge on any atom is -0.373 e. The smallest absolute Gasteiger partial charge is 0.101 e. The number of hydrogen-bond acceptors (Lipinski definition) is 4. The summed E-state index contributed by atoms with van der Waals surface area (Å²) in [4.78, 5) is 3.54. The van der Waals surface area contributed by atoms with Gasteiger partial charge in [0.25, 0.3) is 0 Å². The quantitative estimate of drug-likeness (QED) is 0.851. The minimum atomic E-state index is 0.749. The van der Waals surface area contributed by atoms with Crippen LogP contribution in [0.25, 0.3) is 0 Å². The fraction of sp³-hybridized carbons (Fsp3) is 0.353. The van der Waals surface area contributed by atoms with Gasteiger partial charge >= 0.3 is 0 Å². The number of hydrogen-bond donors (Lipinski definition) is 1. The van der Waals surface area contributed by atoms with Crippen LogP contribution in [0.2, 0.25) is 0 Å². The summed E-state index contributed by atoms with van der Waals surface area (Å²) in [6.45, 7) is 4.74. The van der Waals surface area contributed by atoms with Gasteiger partial charge in [-0.1, -0.05) is 19.1 Å². The molecule has 0 radical (unpaired) electrons. The van der Waals surface area contributed by atoms with Gasteiger partial charge in [-0.2, -0.15) is 5.26 Å². The SMILES string of the molecule is CCNCc1ccc(N(C)CCc2cccs2)c(C#N)c1. The highest BCUT2D eigenvalue weighted by molar-refractivity contribution is 7.09. The highest BCUT2D eigenvalue weighted by atomic mass is 32.1. The van der Waals surface area contributed by atoms with Crippen molar-refractivity contribution >= 4 is 17.0 Å². The van der Waals surface area contributed by atoms with Crippen molar-refractivity contribution < 1.29 is 0 Å². The van der Waals surface area contributed by atoms with Crippen LogP contribution in [0.4, 0.5) is 5.69 Å². The lowest BCUT2D eigenvalue weighted by Gasteiger charge is -2.20. The van der Waals surface area contributed by atoms with Gasteiger partial charge in [0.2, 0.25) is 0 Å². The second-order valence-electron chi connectivity index (χ2n) is 4.99. The van der Waals surface area contributed by atoms with E-state index >= 15 is 0 Å². The lowest BCUT2D eigenvalue weighted by molar-refractivity contribution is 0.726. The van der Waals surface area contributed by atoms with Gasteiger partial charge in [-0.15, -0.1) is 11.3 Å². The summed E-state index contributed by atoms with van der Waals surface area (Å²) in [5, 5.41) is 14.8. The molecule has 0 saturated heterocycles. The first-order chi connectivity index (χ1) is 10.2. The summed E-state index contributed by atoms with van der Waals surface area (Å²) in [6, 6.07) is 12.7. The zero-order chi connectivity index (χ0) is 15.1. The topological polar surface area (TPSA) is 39.1 Å². The van der Waals surface area contributed by atoms with Gasteiger partial charge < -0.3 is 10.2 Å². The molecule has 0 fully saturated rings. The lowest BCUT2D eigenvalue weighted by Crippen LogP contribution is -2.21. The molecule has 0 amide bonds. The molecule has 110 valence electrons. The number of nitriles is 1. The van der Waals surface area contributed by atoms with Crippen LogP contribution < -0.4 is 10.2 Å². The maximum Gasteiger partial charge on any atom is 0.101 e. The fourth-order valence-corrected chi connectivity index (χ4v) is 2.94. The first-order valence-electron chi connectivity index (χ1n) is 7.22. The van der Waals surface area contributed by atoms with Crippen LogP contribution in [0.3, 0.4) is 0 Å². The van der Waals surface area contributed by atoms with Crippen LogP contribution in [0.1, 0.15) is 22.9 Å². The van der Waals surface area contributed by atoms with Crippen LogP contribution in [0.15, 0.2) is 35.7 Å². The van der Waals surface area contributed by atoms with Crippen molar-refractivity contribution in [3.63, 3.8) is 0 Å². The van der Waals surface area contributed by atoms with Crippen molar-refractivity contribution in [3.05, 3.63) is 51.7 Å². The van der Waals surface area contributed by atoms with Crippen LogP contribution in [-0.2, 0) is 13.0 Å². The van der Waals surface area contributed by atoms with Gasteiger partial charge in [-0.3, -0.25) is 0 Å². The van der Waals surface area contributed by atoms with Crippen LogP contribution in [-0.4, -0.2) is 20.1 Å². The maximum atomic E-state index is 9.37.